The van der Waals surface area contributed by atoms with Crippen molar-refractivity contribution < 1.29 is 14.3 Å². The third-order valence-corrected chi connectivity index (χ3v) is 4.52. The summed E-state index contributed by atoms with van der Waals surface area (Å²) >= 11 is 0. The molecular formula is C18H32N2O3. The van der Waals surface area contributed by atoms with Crippen molar-refractivity contribution in [2.24, 2.45) is 0 Å². The molecule has 1 amide bonds. The van der Waals surface area contributed by atoms with Gasteiger partial charge >= 0.3 is 6.09 Å². The summed E-state index contributed by atoms with van der Waals surface area (Å²) in [5.41, 5.74) is 0.994. The van der Waals surface area contributed by atoms with Gasteiger partial charge in [0.2, 0.25) is 0 Å². The van der Waals surface area contributed by atoms with Crippen LogP contribution in [-0.2, 0) is 9.47 Å². The predicted molar refractivity (Wildman–Crippen MR) is 91.6 cm³/mol. The molecule has 0 aliphatic carbocycles. The summed E-state index contributed by atoms with van der Waals surface area (Å²) in [6.45, 7) is 14.6. The van der Waals surface area contributed by atoms with E-state index in [-0.39, 0.29) is 18.2 Å². The standard InChI is InChI=1S/C18H32N2O3/c1-6-19(7-2)9-8-14-10-15-12-22-13-16(11-14)20(15)17(21)23-18(3,4)5/h10,15-16H,6-9,11-13H2,1-5H3. The molecule has 0 aromatic rings. The normalized spacial score (nSPS) is 24.6. The Morgan fingerprint density at radius 2 is 2.04 bits per heavy atom. The van der Waals surface area contributed by atoms with Gasteiger partial charge in [-0.3, -0.25) is 4.90 Å². The summed E-state index contributed by atoms with van der Waals surface area (Å²) in [6.07, 6.45) is 3.99. The molecule has 2 aliphatic heterocycles. The second kappa shape index (κ2) is 7.67. The average molecular weight is 324 g/mol. The van der Waals surface area contributed by atoms with E-state index >= 15 is 0 Å². The van der Waals surface area contributed by atoms with E-state index in [4.69, 9.17) is 9.47 Å². The second-order valence-electron chi connectivity index (χ2n) is 7.45. The SMILES string of the molecule is CCN(CC)CCC1=CC2COCC(C1)N2C(=O)OC(C)(C)C. The molecule has 0 aromatic heterocycles. The lowest BCUT2D eigenvalue weighted by atomic mass is 9.92. The minimum Gasteiger partial charge on any atom is -0.444 e. The smallest absolute Gasteiger partial charge is 0.411 e. The molecule has 23 heavy (non-hydrogen) atoms. The van der Waals surface area contributed by atoms with E-state index < -0.39 is 5.60 Å². The van der Waals surface area contributed by atoms with Crippen LogP contribution in [0.3, 0.4) is 0 Å². The van der Waals surface area contributed by atoms with Crippen LogP contribution < -0.4 is 0 Å². The molecule has 2 heterocycles. The van der Waals surface area contributed by atoms with Crippen LogP contribution in [0.15, 0.2) is 11.6 Å². The lowest BCUT2D eigenvalue weighted by Crippen LogP contribution is -2.57. The molecule has 0 aromatic carbocycles. The van der Waals surface area contributed by atoms with Gasteiger partial charge in [0.25, 0.3) is 0 Å². The number of ether oxygens (including phenoxy) is 2. The Balaban J connectivity index is 2.02. The van der Waals surface area contributed by atoms with E-state index in [1.54, 1.807) is 0 Å². The van der Waals surface area contributed by atoms with Crippen LogP contribution in [0.25, 0.3) is 0 Å². The van der Waals surface area contributed by atoms with E-state index in [1.807, 2.05) is 25.7 Å². The quantitative estimate of drug-likeness (QED) is 0.729. The van der Waals surface area contributed by atoms with Gasteiger partial charge in [-0.1, -0.05) is 25.5 Å². The van der Waals surface area contributed by atoms with Gasteiger partial charge in [-0.05, 0) is 46.7 Å². The predicted octanol–water partition coefficient (Wildman–Crippen LogP) is 3.05. The third-order valence-electron chi connectivity index (χ3n) is 4.52. The summed E-state index contributed by atoms with van der Waals surface area (Å²) in [6, 6.07) is 0.129. The van der Waals surface area contributed by atoms with Gasteiger partial charge in [-0.15, -0.1) is 0 Å². The summed E-state index contributed by atoms with van der Waals surface area (Å²) in [7, 11) is 0. The van der Waals surface area contributed by atoms with Crippen LogP contribution in [0.2, 0.25) is 0 Å². The minimum absolute atomic E-state index is 0.0176. The highest BCUT2D eigenvalue weighted by Crippen LogP contribution is 2.30. The molecule has 2 rings (SSSR count). The Kier molecular flexibility index (Phi) is 6.09. The van der Waals surface area contributed by atoms with Gasteiger partial charge < -0.3 is 14.4 Å². The third kappa shape index (κ3) is 4.95. The fraction of sp³-hybridized carbons (Fsp3) is 0.833. The van der Waals surface area contributed by atoms with Crippen LogP contribution in [0.4, 0.5) is 4.79 Å². The molecular weight excluding hydrogens is 292 g/mol. The maximum atomic E-state index is 12.5. The van der Waals surface area contributed by atoms with Crippen LogP contribution >= 0.6 is 0 Å². The largest absolute Gasteiger partial charge is 0.444 e. The molecule has 1 fully saturated rings. The van der Waals surface area contributed by atoms with Gasteiger partial charge in [0.1, 0.15) is 5.60 Å². The minimum atomic E-state index is -0.459. The zero-order valence-corrected chi connectivity index (χ0v) is 15.3. The number of hydrogen-bond donors (Lipinski definition) is 0. The lowest BCUT2D eigenvalue weighted by Gasteiger charge is -2.44. The van der Waals surface area contributed by atoms with Gasteiger partial charge in [0.15, 0.2) is 0 Å². The number of hydrogen-bond acceptors (Lipinski definition) is 4. The van der Waals surface area contributed by atoms with Crippen LogP contribution in [0, 0.1) is 0 Å². The molecule has 5 nitrogen and oxygen atoms in total. The second-order valence-corrected chi connectivity index (χ2v) is 7.45. The number of morpholine rings is 1. The molecule has 132 valence electrons. The molecule has 2 unspecified atom stereocenters. The number of carbonyl (C=O) groups excluding carboxylic acids is 1. The first kappa shape index (κ1) is 18.3. The van der Waals surface area contributed by atoms with E-state index in [2.05, 4.69) is 24.8 Å². The van der Waals surface area contributed by atoms with Gasteiger partial charge in [-0.2, -0.15) is 0 Å². The number of fused-ring (bicyclic) bond motifs is 2. The zero-order valence-electron chi connectivity index (χ0n) is 15.3. The molecule has 2 aliphatic rings. The summed E-state index contributed by atoms with van der Waals surface area (Å²) in [5, 5.41) is 0. The van der Waals surface area contributed by atoms with E-state index in [0.717, 1.165) is 32.5 Å². The van der Waals surface area contributed by atoms with Crippen LogP contribution in [-0.4, -0.2) is 66.4 Å². The van der Waals surface area contributed by atoms with E-state index in [0.29, 0.717) is 13.2 Å². The van der Waals surface area contributed by atoms with Gasteiger partial charge in [0, 0.05) is 6.54 Å². The molecule has 2 atom stereocenters. The van der Waals surface area contributed by atoms with Crippen LogP contribution in [0.1, 0.15) is 47.5 Å². The molecule has 5 heteroatoms. The average Bonchev–Trinajstić information content (AvgIpc) is 2.45. The maximum Gasteiger partial charge on any atom is 0.411 e. The summed E-state index contributed by atoms with van der Waals surface area (Å²) < 4.78 is 11.2. The Morgan fingerprint density at radius 1 is 1.35 bits per heavy atom. The lowest BCUT2D eigenvalue weighted by molar-refractivity contribution is -0.0538. The zero-order chi connectivity index (χ0) is 17.0. The Hall–Kier alpha value is -1.07. The van der Waals surface area contributed by atoms with Crippen molar-refractivity contribution in [3.05, 3.63) is 11.6 Å². The monoisotopic (exact) mass is 324 g/mol. The van der Waals surface area contributed by atoms with Gasteiger partial charge in [-0.25, -0.2) is 4.79 Å². The first-order valence-corrected chi connectivity index (χ1v) is 8.85. The first-order chi connectivity index (χ1) is 10.8. The van der Waals surface area contributed by atoms with Crippen molar-refractivity contribution in [1.82, 2.24) is 9.80 Å². The topological polar surface area (TPSA) is 42.0 Å². The Morgan fingerprint density at radius 3 is 2.61 bits per heavy atom. The summed E-state index contributed by atoms with van der Waals surface area (Å²) in [5.74, 6) is 0. The molecule has 0 radical (unpaired) electrons. The number of rotatable bonds is 5. The van der Waals surface area contributed by atoms with Crippen molar-refractivity contribution in [3.63, 3.8) is 0 Å². The molecule has 1 saturated heterocycles. The van der Waals surface area contributed by atoms with Crippen molar-refractivity contribution in [3.8, 4) is 0 Å². The molecule has 2 bridgehead atoms. The van der Waals surface area contributed by atoms with Crippen LogP contribution in [0.5, 0.6) is 0 Å². The first-order valence-electron chi connectivity index (χ1n) is 8.85. The highest BCUT2D eigenvalue weighted by atomic mass is 16.6. The van der Waals surface area contributed by atoms with Crippen molar-refractivity contribution >= 4 is 6.09 Å². The van der Waals surface area contributed by atoms with Crippen molar-refractivity contribution in [2.45, 2.75) is 65.1 Å². The highest BCUT2D eigenvalue weighted by Gasteiger charge is 2.39. The number of nitrogens with zero attached hydrogens (tertiary/aromatic N) is 2. The van der Waals surface area contributed by atoms with Gasteiger partial charge in [0.05, 0.1) is 25.3 Å². The maximum absolute atomic E-state index is 12.5. The number of carbonyl (C=O) groups is 1. The Bertz CT molecular complexity index is 438. The van der Waals surface area contributed by atoms with Crippen molar-refractivity contribution in [2.75, 3.05) is 32.8 Å². The highest BCUT2D eigenvalue weighted by molar-refractivity contribution is 5.70. The van der Waals surface area contributed by atoms with E-state index in [1.165, 1.54) is 5.57 Å². The fourth-order valence-electron chi connectivity index (χ4n) is 3.31. The van der Waals surface area contributed by atoms with E-state index in [9.17, 15) is 4.79 Å². The fourth-order valence-corrected chi connectivity index (χ4v) is 3.31. The number of amides is 1. The van der Waals surface area contributed by atoms with Crippen molar-refractivity contribution in [1.29, 1.82) is 0 Å². The Labute approximate surface area is 140 Å². The summed E-state index contributed by atoms with van der Waals surface area (Å²) in [4.78, 5) is 16.8. The molecule has 0 spiro atoms. The molecule has 0 saturated carbocycles. The molecule has 0 N–H and O–H groups in total.